The predicted octanol–water partition coefficient (Wildman–Crippen LogP) is 4.65. The fraction of sp³-hybridized carbons (Fsp3) is 0.269. The van der Waals surface area contributed by atoms with Crippen LogP contribution in [0.15, 0.2) is 72.2 Å². The Morgan fingerprint density at radius 2 is 1.95 bits per heavy atom. The van der Waals surface area contributed by atoms with Crippen LogP contribution in [-0.4, -0.2) is 38.6 Å². The number of nitrogens with zero attached hydrogens (tertiary/aromatic N) is 2. The Hall–Kier alpha value is -4.10. The normalized spacial score (nSPS) is 19.3. The van der Waals surface area contributed by atoms with Crippen LogP contribution in [0.2, 0.25) is 0 Å². The molecule has 5 N–H and O–H groups in total. The second-order valence-electron chi connectivity index (χ2n) is 9.42. The van der Waals surface area contributed by atoms with E-state index >= 15 is 4.39 Å². The van der Waals surface area contributed by atoms with Crippen LogP contribution >= 0.6 is 0 Å². The number of hydrogen-bond donors (Lipinski definition) is 5. The number of hydrazine groups is 1. The maximum Gasteiger partial charge on any atom is 0.416 e. The number of aliphatic hydroxyl groups excluding tert-OH is 1. The van der Waals surface area contributed by atoms with Crippen molar-refractivity contribution >= 4 is 17.3 Å². The van der Waals surface area contributed by atoms with Crippen molar-refractivity contribution in [1.29, 1.82) is 5.41 Å². The smallest absolute Gasteiger partial charge is 0.375 e. The van der Waals surface area contributed by atoms with Crippen LogP contribution in [0.5, 0.6) is 0 Å². The molecule has 8 nitrogen and oxygen atoms in total. The van der Waals surface area contributed by atoms with E-state index < -0.39 is 35.8 Å². The van der Waals surface area contributed by atoms with Gasteiger partial charge >= 0.3 is 6.18 Å². The molecule has 1 aliphatic heterocycles. The minimum atomic E-state index is -4.51. The maximum absolute atomic E-state index is 15.1. The van der Waals surface area contributed by atoms with E-state index in [1.54, 1.807) is 0 Å². The van der Waals surface area contributed by atoms with Gasteiger partial charge in [0.2, 0.25) is 6.30 Å². The lowest BCUT2D eigenvalue weighted by molar-refractivity contribution is -0.137. The zero-order valence-electron chi connectivity index (χ0n) is 20.8. The Morgan fingerprint density at radius 1 is 1.21 bits per heavy atom. The Morgan fingerprint density at radius 3 is 2.64 bits per heavy atom. The van der Waals surface area contributed by atoms with E-state index in [4.69, 9.17) is 5.41 Å². The van der Waals surface area contributed by atoms with E-state index in [1.807, 2.05) is 0 Å². The van der Waals surface area contributed by atoms with Gasteiger partial charge in [0.05, 0.1) is 22.5 Å². The first kappa shape index (κ1) is 27.9. The summed E-state index contributed by atoms with van der Waals surface area (Å²) in [5.74, 6) is -0.721. The summed E-state index contributed by atoms with van der Waals surface area (Å²) < 4.78 is 67.9. The number of halogens is 5. The van der Waals surface area contributed by atoms with E-state index in [9.17, 15) is 27.5 Å². The van der Waals surface area contributed by atoms with E-state index in [1.165, 1.54) is 62.7 Å². The lowest BCUT2D eigenvalue weighted by Gasteiger charge is -2.23. The lowest BCUT2D eigenvalue weighted by atomic mass is 10.0. The van der Waals surface area contributed by atoms with E-state index in [-0.39, 0.29) is 40.5 Å². The minimum Gasteiger partial charge on any atom is -0.375 e. The Kier molecular flexibility index (Phi) is 7.57. The third-order valence-corrected chi connectivity index (χ3v) is 5.91. The summed E-state index contributed by atoms with van der Waals surface area (Å²) >= 11 is 0. The first-order valence-electron chi connectivity index (χ1n) is 11.7. The zero-order valence-corrected chi connectivity index (χ0v) is 20.8. The summed E-state index contributed by atoms with van der Waals surface area (Å²) in [7, 11) is 0. The van der Waals surface area contributed by atoms with Crippen molar-refractivity contribution in [3.05, 3.63) is 94.6 Å². The van der Waals surface area contributed by atoms with E-state index in [2.05, 4.69) is 21.0 Å². The zero-order chi connectivity index (χ0) is 28.5. The van der Waals surface area contributed by atoms with Crippen LogP contribution in [0.3, 0.4) is 0 Å². The molecule has 1 aromatic carbocycles. The van der Waals surface area contributed by atoms with Crippen molar-refractivity contribution in [2.45, 2.75) is 44.8 Å². The minimum absolute atomic E-state index is 0.0154. The first-order valence-corrected chi connectivity index (χ1v) is 11.7. The van der Waals surface area contributed by atoms with Crippen LogP contribution in [0.25, 0.3) is 0 Å². The van der Waals surface area contributed by atoms with Gasteiger partial charge in [0.25, 0.3) is 5.91 Å². The average Bonchev–Trinajstić information content (AvgIpc) is 3.10. The number of pyridine rings is 1. The van der Waals surface area contributed by atoms with E-state index in [0.29, 0.717) is 5.56 Å². The number of alkyl halides is 5. The van der Waals surface area contributed by atoms with Crippen molar-refractivity contribution in [2.24, 2.45) is 0 Å². The average molecular weight is 549 g/mol. The number of amides is 1. The molecule has 1 amide bonds. The molecular weight excluding hydrogens is 523 g/mol. The van der Waals surface area contributed by atoms with Crippen molar-refractivity contribution in [3.63, 3.8) is 0 Å². The van der Waals surface area contributed by atoms with Crippen LogP contribution in [0, 0.1) is 5.41 Å². The number of carbonyl (C=O) groups excluding carboxylic acids is 1. The van der Waals surface area contributed by atoms with Crippen LogP contribution < -0.4 is 16.1 Å². The molecule has 0 spiro atoms. The Bertz CT molecular complexity index is 1380. The van der Waals surface area contributed by atoms with Crippen molar-refractivity contribution in [2.75, 3.05) is 5.32 Å². The summed E-state index contributed by atoms with van der Waals surface area (Å²) in [6, 6.07) is 5.94. The van der Waals surface area contributed by atoms with E-state index in [0.717, 1.165) is 17.1 Å². The molecule has 39 heavy (non-hydrogen) atoms. The van der Waals surface area contributed by atoms with Crippen molar-refractivity contribution in [1.82, 2.24) is 20.7 Å². The van der Waals surface area contributed by atoms with Gasteiger partial charge in [-0.05, 0) is 61.9 Å². The standard InChI is InChI=1S/C26H25F5N6O2/c1-25(2,28)24(39)35-12-14-8-19-21(34-11-14)22(27)37(23(19)38)36-18-6-7-20(32)15(9-18)13-33-17-5-3-4-16(10-17)26(29,30)31/h3-11,13,22,24,32-33,35-36,39H,12H2,1-2H3/b15-13-,32-20?. The molecule has 1 aromatic heterocycles. The van der Waals surface area contributed by atoms with Gasteiger partial charge in [0.1, 0.15) is 17.6 Å². The molecule has 0 bridgehead atoms. The summed E-state index contributed by atoms with van der Waals surface area (Å²) in [5.41, 5.74) is 0.881. The number of nitrogens with one attached hydrogen (secondary N) is 4. The van der Waals surface area contributed by atoms with Gasteiger partial charge in [0, 0.05) is 30.2 Å². The highest BCUT2D eigenvalue weighted by molar-refractivity contribution is 6.10. The highest BCUT2D eigenvalue weighted by Gasteiger charge is 2.39. The van der Waals surface area contributed by atoms with Gasteiger partial charge < -0.3 is 15.8 Å². The molecule has 206 valence electrons. The van der Waals surface area contributed by atoms with Crippen molar-refractivity contribution in [3.8, 4) is 0 Å². The van der Waals surface area contributed by atoms with Gasteiger partial charge in [-0.1, -0.05) is 6.07 Å². The molecule has 2 aromatic rings. The molecule has 0 radical (unpaired) electrons. The number of anilines is 1. The number of hydrogen-bond acceptors (Lipinski definition) is 7. The Balaban J connectivity index is 1.47. The fourth-order valence-electron chi connectivity index (χ4n) is 3.73. The van der Waals surface area contributed by atoms with Gasteiger partial charge in [-0.15, -0.1) is 0 Å². The largest absolute Gasteiger partial charge is 0.416 e. The summed E-state index contributed by atoms with van der Waals surface area (Å²) in [6.07, 6.45) is -1.03. The van der Waals surface area contributed by atoms with Crippen molar-refractivity contribution < 1.29 is 31.9 Å². The SMILES string of the molecule is CC(C)(F)C(O)NCc1cnc2c(c1)C(=O)N(NC1=C/C(=C/Nc3cccc(C(F)(F)F)c3)C(=N)C=C1)C2F. The number of fused-ring (bicyclic) bond motifs is 1. The molecule has 0 fully saturated rings. The lowest BCUT2D eigenvalue weighted by Crippen LogP contribution is -2.43. The molecule has 0 saturated carbocycles. The number of benzene rings is 1. The van der Waals surface area contributed by atoms with Gasteiger partial charge in [-0.3, -0.25) is 20.5 Å². The van der Waals surface area contributed by atoms with Crippen LogP contribution in [0.4, 0.5) is 27.6 Å². The highest BCUT2D eigenvalue weighted by atomic mass is 19.4. The molecule has 2 unspecified atom stereocenters. The third-order valence-electron chi connectivity index (χ3n) is 5.91. The molecule has 1 aliphatic carbocycles. The summed E-state index contributed by atoms with van der Waals surface area (Å²) in [4.78, 5) is 17.0. The fourth-order valence-corrected chi connectivity index (χ4v) is 3.73. The number of aromatic nitrogens is 1. The summed E-state index contributed by atoms with van der Waals surface area (Å²) in [6.45, 7) is 2.38. The molecule has 2 heterocycles. The number of allylic oxidation sites excluding steroid dienone is 4. The van der Waals surface area contributed by atoms with Crippen LogP contribution in [-0.2, 0) is 12.7 Å². The molecule has 0 saturated heterocycles. The van der Waals surface area contributed by atoms with Crippen LogP contribution in [0.1, 0.15) is 47.3 Å². The number of aliphatic hydroxyl groups is 1. The quantitative estimate of drug-likeness (QED) is 0.187. The number of rotatable bonds is 8. The predicted molar refractivity (Wildman–Crippen MR) is 134 cm³/mol. The third kappa shape index (κ3) is 6.32. The second kappa shape index (κ2) is 10.6. The molecule has 2 atom stereocenters. The van der Waals surface area contributed by atoms with Gasteiger partial charge in [-0.25, -0.2) is 13.8 Å². The summed E-state index contributed by atoms with van der Waals surface area (Å²) in [5, 5.41) is 23.9. The maximum atomic E-state index is 15.1. The Labute approximate surface area is 220 Å². The van der Waals surface area contributed by atoms with Gasteiger partial charge in [-0.2, -0.15) is 13.2 Å². The highest BCUT2D eigenvalue weighted by Crippen LogP contribution is 2.33. The second-order valence-corrected chi connectivity index (χ2v) is 9.42. The monoisotopic (exact) mass is 548 g/mol. The first-order chi connectivity index (χ1) is 18.2. The molecule has 4 rings (SSSR count). The number of carbonyl (C=O) groups is 1. The topological polar surface area (TPSA) is 113 Å². The molecular formula is C26H25F5N6O2. The molecule has 13 heteroatoms. The van der Waals surface area contributed by atoms with Gasteiger partial charge in [0.15, 0.2) is 0 Å². The molecule has 2 aliphatic rings.